The van der Waals surface area contributed by atoms with Crippen LogP contribution in [0, 0.1) is 0 Å². The predicted molar refractivity (Wildman–Crippen MR) is 120 cm³/mol. The Morgan fingerprint density at radius 3 is 2.82 bits per heavy atom. The van der Waals surface area contributed by atoms with Crippen LogP contribution in [0.1, 0.15) is 32.0 Å². The summed E-state index contributed by atoms with van der Waals surface area (Å²) in [5.41, 5.74) is 0. The largest absolute Gasteiger partial charge is 0.377 e. The molecule has 3 N–H and O–H groups in total. The fourth-order valence-corrected chi connectivity index (χ4v) is 3.77. The van der Waals surface area contributed by atoms with Gasteiger partial charge in [-0.05, 0) is 19.3 Å². The number of aliphatic imine (C=N–C) groups is 1. The van der Waals surface area contributed by atoms with Crippen molar-refractivity contribution in [3.63, 3.8) is 0 Å². The number of guanidine groups is 1. The molecule has 28 heavy (non-hydrogen) atoms. The van der Waals surface area contributed by atoms with Gasteiger partial charge in [-0.3, -0.25) is 4.99 Å². The molecule has 1 aliphatic heterocycles. The highest BCUT2D eigenvalue weighted by Crippen LogP contribution is 2.11. The SMILES string of the molecule is CCc1nncn1CCNC(=NC)NCCS(=O)(=O)NCC1CCCCO1.I. The monoisotopic (exact) mass is 529 g/mol. The summed E-state index contributed by atoms with van der Waals surface area (Å²) in [7, 11) is -1.69. The van der Waals surface area contributed by atoms with Gasteiger partial charge in [-0.15, -0.1) is 34.2 Å². The molecular formula is C16H32IN7O3S. The summed E-state index contributed by atoms with van der Waals surface area (Å²) in [6.07, 6.45) is 5.56. The summed E-state index contributed by atoms with van der Waals surface area (Å²) < 4.78 is 34.3. The molecule has 1 atom stereocenters. The van der Waals surface area contributed by atoms with Crippen molar-refractivity contribution in [3.8, 4) is 0 Å². The topological polar surface area (TPSA) is 123 Å². The van der Waals surface area contributed by atoms with Gasteiger partial charge in [0.1, 0.15) is 12.2 Å². The molecule has 2 heterocycles. The van der Waals surface area contributed by atoms with E-state index in [0.717, 1.165) is 31.5 Å². The van der Waals surface area contributed by atoms with E-state index in [2.05, 4.69) is 30.5 Å². The maximum atomic E-state index is 12.1. The molecule has 0 saturated carbocycles. The van der Waals surface area contributed by atoms with Crippen LogP contribution >= 0.6 is 24.0 Å². The molecule has 0 spiro atoms. The van der Waals surface area contributed by atoms with Gasteiger partial charge in [-0.1, -0.05) is 6.92 Å². The molecular weight excluding hydrogens is 497 g/mol. The van der Waals surface area contributed by atoms with Crippen molar-refractivity contribution in [1.29, 1.82) is 0 Å². The van der Waals surface area contributed by atoms with Crippen molar-refractivity contribution in [2.45, 2.75) is 45.3 Å². The molecule has 0 aliphatic carbocycles. The summed E-state index contributed by atoms with van der Waals surface area (Å²) in [6, 6.07) is 0. The van der Waals surface area contributed by atoms with Crippen molar-refractivity contribution >= 4 is 40.0 Å². The lowest BCUT2D eigenvalue weighted by Crippen LogP contribution is -2.43. The molecule has 1 saturated heterocycles. The Bertz CT molecular complexity index is 690. The fraction of sp³-hybridized carbons (Fsp3) is 0.812. The lowest BCUT2D eigenvalue weighted by Gasteiger charge is -2.22. The van der Waals surface area contributed by atoms with Gasteiger partial charge in [0.2, 0.25) is 10.0 Å². The van der Waals surface area contributed by atoms with Crippen LogP contribution in [0.25, 0.3) is 0 Å². The number of hydrogen-bond donors (Lipinski definition) is 3. The molecule has 0 bridgehead atoms. The summed E-state index contributed by atoms with van der Waals surface area (Å²) in [4.78, 5) is 4.11. The number of halogens is 1. The van der Waals surface area contributed by atoms with Gasteiger partial charge in [0.25, 0.3) is 0 Å². The Labute approximate surface area is 184 Å². The average molecular weight is 529 g/mol. The quantitative estimate of drug-likeness (QED) is 0.224. The molecule has 1 aromatic heterocycles. The Balaban J connectivity index is 0.00000392. The second kappa shape index (κ2) is 13.3. The van der Waals surface area contributed by atoms with E-state index in [1.807, 2.05) is 11.5 Å². The zero-order valence-electron chi connectivity index (χ0n) is 16.6. The first kappa shape index (κ1) is 25.0. The van der Waals surface area contributed by atoms with E-state index in [-0.39, 0.29) is 42.4 Å². The minimum Gasteiger partial charge on any atom is -0.377 e. The van der Waals surface area contributed by atoms with E-state index >= 15 is 0 Å². The van der Waals surface area contributed by atoms with E-state index < -0.39 is 10.0 Å². The number of nitrogens with one attached hydrogen (secondary N) is 3. The second-order valence-electron chi connectivity index (χ2n) is 6.38. The highest BCUT2D eigenvalue weighted by molar-refractivity contribution is 14.0. The van der Waals surface area contributed by atoms with E-state index in [0.29, 0.717) is 32.2 Å². The number of sulfonamides is 1. The number of rotatable bonds is 10. The number of aromatic nitrogens is 3. The maximum absolute atomic E-state index is 12.1. The van der Waals surface area contributed by atoms with Gasteiger partial charge < -0.3 is 19.9 Å². The van der Waals surface area contributed by atoms with Crippen LogP contribution in [-0.2, 0) is 27.7 Å². The minimum atomic E-state index is -3.35. The predicted octanol–water partition coefficient (Wildman–Crippen LogP) is 0.112. The zero-order valence-corrected chi connectivity index (χ0v) is 19.7. The van der Waals surface area contributed by atoms with Crippen molar-refractivity contribution in [2.75, 3.05) is 39.0 Å². The third-order valence-electron chi connectivity index (χ3n) is 4.35. The maximum Gasteiger partial charge on any atom is 0.213 e. The minimum absolute atomic E-state index is 0. The molecule has 1 fully saturated rings. The second-order valence-corrected chi connectivity index (χ2v) is 8.30. The molecule has 1 aliphatic rings. The van der Waals surface area contributed by atoms with Gasteiger partial charge in [0, 0.05) is 46.3 Å². The van der Waals surface area contributed by atoms with E-state index in [1.165, 1.54) is 0 Å². The Morgan fingerprint density at radius 1 is 1.36 bits per heavy atom. The van der Waals surface area contributed by atoms with Crippen LogP contribution in [0.2, 0.25) is 0 Å². The first-order valence-electron chi connectivity index (χ1n) is 9.44. The summed E-state index contributed by atoms with van der Waals surface area (Å²) in [5.74, 6) is 1.47. The third-order valence-corrected chi connectivity index (χ3v) is 5.70. The molecule has 0 aromatic carbocycles. The number of hydrogen-bond acceptors (Lipinski definition) is 6. The van der Waals surface area contributed by atoms with Gasteiger partial charge in [0.05, 0.1) is 11.9 Å². The summed E-state index contributed by atoms with van der Waals surface area (Å²) in [6.45, 7) is 4.70. The summed E-state index contributed by atoms with van der Waals surface area (Å²) in [5, 5.41) is 14.1. The Hall–Kier alpha value is -0.990. The normalized spacial score (nSPS) is 17.8. The highest BCUT2D eigenvalue weighted by atomic mass is 127. The molecule has 12 heteroatoms. The van der Waals surface area contributed by atoms with Gasteiger partial charge in [-0.25, -0.2) is 13.1 Å². The zero-order chi connectivity index (χ0) is 19.5. The highest BCUT2D eigenvalue weighted by Gasteiger charge is 2.17. The van der Waals surface area contributed by atoms with Crippen LogP contribution in [-0.4, -0.2) is 74.3 Å². The first-order chi connectivity index (χ1) is 13.0. The molecule has 0 amide bonds. The van der Waals surface area contributed by atoms with Gasteiger partial charge >= 0.3 is 0 Å². The molecule has 1 unspecified atom stereocenters. The molecule has 10 nitrogen and oxygen atoms in total. The third kappa shape index (κ3) is 9.01. The van der Waals surface area contributed by atoms with E-state index in [1.54, 1.807) is 13.4 Å². The van der Waals surface area contributed by atoms with Crippen molar-refractivity contribution in [2.24, 2.45) is 4.99 Å². The lowest BCUT2D eigenvalue weighted by molar-refractivity contribution is 0.0200. The summed E-state index contributed by atoms with van der Waals surface area (Å²) >= 11 is 0. The van der Waals surface area contributed by atoms with Crippen molar-refractivity contribution < 1.29 is 13.2 Å². The molecule has 0 radical (unpaired) electrons. The Kier molecular flexibility index (Phi) is 11.9. The van der Waals surface area contributed by atoms with Crippen LogP contribution in [0.3, 0.4) is 0 Å². The van der Waals surface area contributed by atoms with Gasteiger partial charge in [-0.2, -0.15) is 0 Å². The number of nitrogens with zero attached hydrogens (tertiary/aromatic N) is 4. The van der Waals surface area contributed by atoms with Crippen LogP contribution in [0.4, 0.5) is 0 Å². The number of ether oxygens (including phenoxy) is 1. The van der Waals surface area contributed by atoms with Crippen molar-refractivity contribution in [3.05, 3.63) is 12.2 Å². The van der Waals surface area contributed by atoms with Crippen LogP contribution in [0.15, 0.2) is 11.3 Å². The smallest absolute Gasteiger partial charge is 0.213 e. The number of aryl methyl sites for hydroxylation is 1. The Morgan fingerprint density at radius 2 is 2.14 bits per heavy atom. The molecule has 162 valence electrons. The van der Waals surface area contributed by atoms with E-state index in [4.69, 9.17) is 4.74 Å². The first-order valence-corrected chi connectivity index (χ1v) is 11.1. The molecule has 2 rings (SSSR count). The van der Waals surface area contributed by atoms with Crippen molar-refractivity contribution in [1.82, 2.24) is 30.1 Å². The fourth-order valence-electron chi connectivity index (χ4n) is 2.82. The standard InChI is InChI=1S/C16H31N7O3S.HI/c1-3-15-22-20-13-23(15)9-7-18-16(17-2)19-8-11-27(24,25)21-12-14-6-4-5-10-26-14;/h13-14,21H,3-12H2,1-2H3,(H2,17,18,19);1H. The molecule has 1 aromatic rings. The van der Waals surface area contributed by atoms with Gasteiger partial charge in [0.15, 0.2) is 5.96 Å². The van der Waals surface area contributed by atoms with Crippen LogP contribution in [0.5, 0.6) is 0 Å². The van der Waals surface area contributed by atoms with Crippen LogP contribution < -0.4 is 15.4 Å². The lowest BCUT2D eigenvalue weighted by atomic mass is 10.1. The average Bonchev–Trinajstić information content (AvgIpc) is 3.13. The van der Waals surface area contributed by atoms with E-state index in [9.17, 15) is 8.42 Å².